The van der Waals surface area contributed by atoms with E-state index in [1.165, 1.54) is 7.11 Å². The number of pyridine rings is 1. The van der Waals surface area contributed by atoms with Crippen molar-refractivity contribution in [3.8, 4) is 11.8 Å². The van der Waals surface area contributed by atoms with Gasteiger partial charge in [0.05, 0.1) is 24.4 Å². The zero-order valence-electron chi connectivity index (χ0n) is 16.0. The maximum atomic E-state index is 12.6. The van der Waals surface area contributed by atoms with Crippen LogP contribution in [-0.4, -0.2) is 18.0 Å². The number of aromatic nitrogens is 1. The van der Waals surface area contributed by atoms with E-state index in [2.05, 4.69) is 10.3 Å². The molecule has 142 valence electrons. The number of benzene rings is 2. The summed E-state index contributed by atoms with van der Waals surface area (Å²) < 4.78 is 5.21. The lowest BCUT2D eigenvalue weighted by Gasteiger charge is -2.13. The Hall–Kier alpha value is -3.59. The van der Waals surface area contributed by atoms with Gasteiger partial charge in [-0.2, -0.15) is 5.26 Å². The largest absolute Gasteiger partial charge is 0.495 e. The first-order chi connectivity index (χ1) is 13.4. The third-order valence-corrected chi connectivity index (χ3v) is 4.89. The minimum atomic E-state index is -1.00. The number of carbonyl (C=O) groups is 1. The van der Waals surface area contributed by atoms with Gasteiger partial charge in [0.1, 0.15) is 11.7 Å². The van der Waals surface area contributed by atoms with E-state index in [0.717, 1.165) is 22.0 Å². The van der Waals surface area contributed by atoms with Crippen molar-refractivity contribution in [1.82, 2.24) is 4.98 Å². The van der Waals surface area contributed by atoms with Gasteiger partial charge in [0.25, 0.3) is 5.56 Å². The van der Waals surface area contributed by atoms with Crippen molar-refractivity contribution in [3.05, 3.63) is 69.5 Å². The predicted octanol–water partition coefficient (Wildman–Crippen LogP) is 3.47. The van der Waals surface area contributed by atoms with Crippen molar-refractivity contribution >= 4 is 22.5 Å². The number of aryl methyl sites for hydroxylation is 2. The molecular formula is C22H21N3O3. The lowest BCUT2D eigenvalue weighted by atomic mass is 9.98. The zero-order valence-corrected chi connectivity index (χ0v) is 16.0. The van der Waals surface area contributed by atoms with Crippen LogP contribution in [0, 0.1) is 31.1 Å². The Morgan fingerprint density at radius 2 is 2.00 bits per heavy atom. The number of hydrogen-bond acceptors (Lipinski definition) is 4. The van der Waals surface area contributed by atoms with Crippen LogP contribution in [0.25, 0.3) is 10.9 Å². The SMILES string of the molecule is COc1ccccc1NC(=O)[C@@H](C#N)Cc1cc2ccc(C)c(C)c2[nH]c1=O. The van der Waals surface area contributed by atoms with E-state index in [1.54, 1.807) is 30.3 Å². The lowest BCUT2D eigenvalue weighted by Crippen LogP contribution is -2.26. The molecule has 0 aliphatic heterocycles. The summed E-state index contributed by atoms with van der Waals surface area (Å²) in [4.78, 5) is 28.0. The second-order valence-electron chi connectivity index (χ2n) is 6.67. The van der Waals surface area contributed by atoms with Crippen LogP contribution in [0.4, 0.5) is 5.69 Å². The molecule has 1 atom stereocenters. The Morgan fingerprint density at radius 1 is 1.25 bits per heavy atom. The molecule has 28 heavy (non-hydrogen) atoms. The quantitative estimate of drug-likeness (QED) is 0.714. The summed E-state index contributed by atoms with van der Waals surface area (Å²) in [5.41, 5.74) is 3.47. The first kappa shape index (κ1) is 19.2. The number of methoxy groups -OCH3 is 1. The van der Waals surface area contributed by atoms with E-state index >= 15 is 0 Å². The van der Waals surface area contributed by atoms with Gasteiger partial charge in [0.2, 0.25) is 5.91 Å². The van der Waals surface area contributed by atoms with Gasteiger partial charge in [0.15, 0.2) is 0 Å². The Kier molecular flexibility index (Phi) is 5.46. The van der Waals surface area contributed by atoms with Crippen molar-refractivity contribution in [3.63, 3.8) is 0 Å². The molecule has 0 radical (unpaired) electrons. The number of ether oxygens (including phenoxy) is 1. The van der Waals surface area contributed by atoms with Crippen LogP contribution in [0.2, 0.25) is 0 Å². The average molecular weight is 375 g/mol. The maximum absolute atomic E-state index is 12.6. The van der Waals surface area contributed by atoms with Crippen LogP contribution < -0.4 is 15.6 Å². The van der Waals surface area contributed by atoms with Crippen molar-refractivity contribution < 1.29 is 9.53 Å². The molecule has 3 aromatic rings. The Bertz CT molecular complexity index is 1140. The number of anilines is 1. The second-order valence-corrected chi connectivity index (χ2v) is 6.67. The predicted molar refractivity (Wildman–Crippen MR) is 108 cm³/mol. The highest BCUT2D eigenvalue weighted by molar-refractivity contribution is 5.95. The van der Waals surface area contributed by atoms with Crippen molar-refractivity contribution in [2.75, 3.05) is 12.4 Å². The molecule has 1 amide bonds. The van der Waals surface area contributed by atoms with Gasteiger partial charge in [-0.05, 0) is 48.6 Å². The van der Waals surface area contributed by atoms with Gasteiger partial charge in [-0.3, -0.25) is 9.59 Å². The molecule has 0 bridgehead atoms. The van der Waals surface area contributed by atoms with E-state index in [9.17, 15) is 14.9 Å². The Labute approximate surface area is 162 Å². The zero-order chi connectivity index (χ0) is 20.3. The fourth-order valence-corrected chi connectivity index (χ4v) is 3.11. The van der Waals surface area contributed by atoms with Crippen molar-refractivity contribution in [2.24, 2.45) is 5.92 Å². The summed E-state index contributed by atoms with van der Waals surface area (Å²) in [6, 6.07) is 14.6. The number of nitrogens with zero attached hydrogens (tertiary/aromatic N) is 1. The normalized spacial score (nSPS) is 11.6. The summed E-state index contributed by atoms with van der Waals surface area (Å²) in [5.74, 6) is -0.983. The third-order valence-electron chi connectivity index (χ3n) is 4.89. The molecule has 2 N–H and O–H groups in total. The first-order valence-electron chi connectivity index (χ1n) is 8.90. The maximum Gasteiger partial charge on any atom is 0.251 e. The molecule has 2 aromatic carbocycles. The number of H-pyrrole nitrogens is 1. The van der Waals surface area contributed by atoms with Crippen LogP contribution in [-0.2, 0) is 11.2 Å². The van der Waals surface area contributed by atoms with E-state index in [-0.39, 0.29) is 12.0 Å². The topological polar surface area (TPSA) is 95.0 Å². The number of carbonyl (C=O) groups excluding carboxylic acids is 1. The van der Waals surface area contributed by atoms with Gasteiger partial charge in [-0.1, -0.05) is 24.3 Å². The summed E-state index contributed by atoms with van der Waals surface area (Å²) in [7, 11) is 1.51. The fraction of sp³-hybridized carbons (Fsp3) is 0.227. The van der Waals surface area contributed by atoms with E-state index in [0.29, 0.717) is 17.0 Å². The van der Waals surface area contributed by atoms with Crippen LogP contribution in [0.5, 0.6) is 5.75 Å². The molecular weight excluding hydrogens is 354 g/mol. The highest BCUT2D eigenvalue weighted by Gasteiger charge is 2.21. The molecule has 1 aromatic heterocycles. The molecule has 0 saturated heterocycles. The van der Waals surface area contributed by atoms with E-state index in [4.69, 9.17) is 4.74 Å². The molecule has 3 rings (SSSR count). The Balaban J connectivity index is 1.87. The van der Waals surface area contributed by atoms with Gasteiger partial charge in [0, 0.05) is 12.0 Å². The minimum Gasteiger partial charge on any atom is -0.495 e. The van der Waals surface area contributed by atoms with E-state index < -0.39 is 11.8 Å². The first-order valence-corrected chi connectivity index (χ1v) is 8.90. The third kappa shape index (κ3) is 3.74. The van der Waals surface area contributed by atoms with E-state index in [1.807, 2.05) is 32.0 Å². The average Bonchev–Trinajstić information content (AvgIpc) is 2.70. The number of amides is 1. The van der Waals surface area contributed by atoms with Crippen molar-refractivity contribution in [1.29, 1.82) is 5.26 Å². The number of nitrogens with one attached hydrogen (secondary N) is 2. The molecule has 0 saturated carbocycles. The summed E-state index contributed by atoms with van der Waals surface area (Å²) in [6.07, 6.45) is 0.0235. The highest BCUT2D eigenvalue weighted by atomic mass is 16.5. The molecule has 0 fully saturated rings. The van der Waals surface area contributed by atoms with Crippen LogP contribution in [0.1, 0.15) is 16.7 Å². The van der Waals surface area contributed by atoms with Crippen LogP contribution >= 0.6 is 0 Å². The monoisotopic (exact) mass is 375 g/mol. The summed E-state index contributed by atoms with van der Waals surface area (Å²) in [5, 5.41) is 13.1. The van der Waals surface area contributed by atoms with Crippen LogP contribution in [0.15, 0.2) is 47.3 Å². The minimum absolute atomic E-state index is 0.0235. The summed E-state index contributed by atoms with van der Waals surface area (Å²) in [6.45, 7) is 3.93. The highest BCUT2D eigenvalue weighted by Crippen LogP contribution is 2.24. The molecule has 1 heterocycles. The number of aromatic amines is 1. The molecule has 6 nitrogen and oxygen atoms in total. The second kappa shape index (κ2) is 7.97. The molecule has 0 aliphatic rings. The molecule has 0 spiro atoms. The fourth-order valence-electron chi connectivity index (χ4n) is 3.11. The molecule has 0 aliphatic carbocycles. The molecule has 6 heteroatoms. The molecule has 0 unspecified atom stereocenters. The standard InChI is InChI=1S/C22H21N3O3/c1-13-8-9-15-10-16(21(26)25-20(15)14(13)2)11-17(12-23)22(27)24-18-6-4-5-7-19(18)28-3/h4-10,17H,11H2,1-3H3,(H,24,27)(H,25,26)/t17-/m1/s1. The van der Waals surface area contributed by atoms with Gasteiger partial charge < -0.3 is 15.0 Å². The van der Waals surface area contributed by atoms with Gasteiger partial charge in [-0.25, -0.2) is 0 Å². The number of para-hydroxylation sites is 2. The van der Waals surface area contributed by atoms with Gasteiger partial charge in [-0.15, -0.1) is 0 Å². The number of nitriles is 1. The van der Waals surface area contributed by atoms with Gasteiger partial charge >= 0.3 is 0 Å². The summed E-state index contributed by atoms with van der Waals surface area (Å²) >= 11 is 0. The number of fused-ring (bicyclic) bond motifs is 1. The number of rotatable bonds is 5. The smallest absolute Gasteiger partial charge is 0.251 e. The lowest BCUT2D eigenvalue weighted by molar-refractivity contribution is -0.118. The Morgan fingerprint density at radius 3 is 2.71 bits per heavy atom. The number of hydrogen-bond donors (Lipinski definition) is 2. The van der Waals surface area contributed by atoms with Crippen LogP contribution in [0.3, 0.4) is 0 Å². The van der Waals surface area contributed by atoms with Crippen molar-refractivity contribution in [2.45, 2.75) is 20.3 Å².